The molecule has 0 aromatic heterocycles. The molecule has 0 aliphatic heterocycles. The second-order valence-corrected chi connectivity index (χ2v) is 12.0. The lowest BCUT2D eigenvalue weighted by atomic mass is 9.52. The number of hydrogen-bond acceptors (Lipinski definition) is 7. The highest BCUT2D eigenvalue weighted by Gasteiger charge is 2.57. The van der Waals surface area contributed by atoms with Crippen LogP contribution >= 0.6 is 0 Å². The Bertz CT molecular complexity index is 848. The molecule has 4 rings (SSSR count). The Balaban J connectivity index is 1.37. The monoisotopic (exact) mass is 548 g/mol. The molecule has 3 aliphatic rings. The fourth-order valence-corrected chi connectivity index (χ4v) is 7.99. The Morgan fingerprint density at radius 2 is 1.69 bits per heavy atom. The first-order chi connectivity index (χ1) is 19.1. The fraction of sp³-hybridized carbons (Fsp3) is 0.812. The summed E-state index contributed by atoms with van der Waals surface area (Å²) in [5.41, 5.74) is 3.29. The average molecular weight is 549 g/mol. The van der Waals surface area contributed by atoms with Gasteiger partial charge in [-0.05, 0) is 97.3 Å². The number of unbranched alkanes of at least 4 members (excludes halogenated alkanes) is 3. The molecular weight excluding hydrogens is 496 g/mol. The maximum Gasteiger partial charge on any atom is 0.188 e. The lowest BCUT2D eigenvalue weighted by Gasteiger charge is -2.53. The van der Waals surface area contributed by atoms with Crippen molar-refractivity contribution in [3.8, 4) is 5.75 Å². The van der Waals surface area contributed by atoms with Crippen LogP contribution in [0.4, 0.5) is 0 Å². The van der Waals surface area contributed by atoms with E-state index in [4.69, 9.17) is 33.5 Å². The molecule has 2 fully saturated rings. The smallest absolute Gasteiger partial charge is 0.188 e. The van der Waals surface area contributed by atoms with Crippen molar-refractivity contribution in [3.63, 3.8) is 0 Å². The molecule has 0 radical (unpaired) electrons. The van der Waals surface area contributed by atoms with E-state index in [1.54, 1.807) is 19.8 Å². The largest absolute Gasteiger partial charge is 0.468 e. The molecular formula is C32H52O7. The number of ether oxygens (including phenoxy) is 6. The summed E-state index contributed by atoms with van der Waals surface area (Å²) in [5.74, 6) is 3.69. The summed E-state index contributed by atoms with van der Waals surface area (Å²) in [5, 5.41) is 8.75. The topological polar surface area (TPSA) is 75.6 Å². The highest BCUT2D eigenvalue weighted by Crippen LogP contribution is 2.63. The van der Waals surface area contributed by atoms with Crippen LogP contribution in [0, 0.1) is 23.2 Å². The van der Waals surface area contributed by atoms with Crippen molar-refractivity contribution in [1.82, 2.24) is 0 Å². The standard InChI is InChI=1S/C32H52O7/c1-32-14-13-28-27-10-9-26(38-22-34-2)21-25(27)20-24(31(28)29(32)11-12-30(32)39-23-35-3)8-6-4-5-7-16-36-18-19-37-17-15-33/h9-10,21,24,28-31,33H,4-8,11-20,22-23H2,1-3H3/t24-,28-,29+,30+,31-,32+/m1/s1. The molecule has 7 nitrogen and oxygen atoms in total. The van der Waals surface area contributed by atoms with Crippen LogP contribution in [0.25, 0.3) is 0 Å². The Kier molecular flexibility index (Phi) is 12.4. The number of benzene rings is 1. The van der Waals surface area contributed by atoms with Crippen molar-refractivity contribution in [2.45, 2.75) is 83.2 Å². The van der Waals surface area contributed by atoms with E-state index >= 15 is 0 Å². The van der Waals surface area contributed by atoms with Crippen LogP contribution in [0.3, 0.4) is 0 Å². The molecule has 1 aromatic carbocycles. The Labute approximate surface area is 235 Å². The Hall–Kier alpha value is -1.22. The Morgan fingerprint density at radius 1 is 0.897 bits per heavy atom. The van der Waals surface area contributed by atoms with Crippen LogP contribution < -0.4 is 4.74 Å². The van der Waals surface area contributed by atoms with Gasteiger partial charge in [0.25, 0.3) is 0 Å². The first-order valence-corrected chi connectivity index (χ1v) is 15.2. The summed E-state index contributed by atoms with van der Waals surface area (Å²) in [6, 6.07) is 6.77. The first kappa shape index (κ1) is 30.7. The lowest BCUT2D eigenvalue weighted by molar-refractivity contribution is -0.128. The summed E-state index contributed by atoms with van der Waals surface area (Å²) in [7, 11) is 3.40. The zero-order chi connectivity index (χ0) is 27.5. The van der Waals surface area contributed by atoms with Crippen molar-refractivity contribution < 1.29 is 33.5 Å². The van der Waals surface area contributed by atoms with Crippen LogP contribution in [-0.2, 0) is 30.1 Å². The number of aliphatic hydroxyl groups is 1. The molecule has 222 valence electrons. The van der Waals surface area contributed by atoms with Crippen molar-refractivity contribution >= 4 is 0 Å². The maximum atomic E-state index is 8.75. The summed E-state index contributed by atoms with van der Waals surface area (Å²) in [6.45, 7) is 5.60. The normalized spacial score (nSPS) is 29.6. The van der Waals surface area contributed by atoms with Crippen molar-refractivity contribution in [2.24, 2.45) is 23.2 Å². The second-order valence-electron chi connectivity index (χ2n) is 12.0. The molecule has 0 bridgehead atoms. The van der Waals surface area contributed by atoms with Crippen LogP contribution in [0.5, 0.6) is 5.75 Å². The summed E-state index contributed by atoms with van der Waals surface area (Å²) in [6.07, 6.45) is 12.5. The van der Waals surface area contributed by atoms with Crippen LogP contribution in [0.2, 0.25) is 0 Å². The van der Waals surface area contributed by atoms with Gasteiger partial charge in [-0.15, -0.1) is 0 Å². The summed E-state index contributed by atoms with van der Waals surface area (Å²) in [4.78, 5) is 0. The van der Waals surface area contributed by atoms with Gasteiger partial charge in [0.1, 0.15) is 12.5 Å². The minimum absolute atomic E-state index is 0.0686. The van der Waals surface area contributed by atoms with Gasteiger partial charge in [0, 0.05) is 20.8 Å². The number of methoxy groups -OCH3 is 2. The van der Waals surface area contributed by atoms with Gasteiger partial charge in [-0.25, -0.2) is 0 Å². The molecule has 6 atom stereocenters. The number of rotatable bonds is 18. The van der Waals surface area contributed by atoms with Gasteiger partial charge in [-0.1, -0.05) is 32.3 Å². The van der Waals surface area contributed by atoms with Gasteiger partial charge in [-0.3, -0.25) is 0 Å². The highest BCUT2D eigenvalue weighted by atomic mass is 16.7. The van der Waals surface area contributed by atoms with Crippen LogP contribution in [0.15, 0.2) is 18.2 Å². The molecule has 1 aromatic rings. The van der Waals surface area contributed by atoms with Gasteiger partial charge >= 0.3 is 0 Å². The van der Waals surface area contributed by atoms with E-state index in [2.05, 4.69) is 25.1 Å². The van der Waals surface area contributed by atoms with Gasteiger partial charge in [0.05, 0.1) is 32.5 Å². The molecule has 39 heavy (non-hydrogen) atoms. The van der Waals surface area contributed by atoms with Gasteiger partial charge < -0.3 is 33.5 Å². The maximum absolute atomic E-state index is 8.75. The molecule has 3 aliphatic carbocycles. The number of aliphatic hydroxyl groups excluding tert-OH is 1. The molecule has 0 saturated heterocycles. The summed E-state index contributed by atoms with van der Waals surface area (Å²) < 4.78 is 33.4. The fourth-order valence-electron chi connectivity index (χ4n) is 7.99. The third-order valence-corrected chi connectivity index (χ3v) is 9.74. The molecule has 0 unspecified atom stereocenters. The number of hydrogen-bond donors (Lipinski definition) is 1. The predicted molar refractivity (Wildman–Crippen MR) is 151 cm³/mol. The van der Waals surface area contributed by atoms with Crippen LogP contribution in [0.1, 0.15) is 81.8 Å². The second kappa shape index (κ2) is 15.7. The van der Waals surface area contributed by atoms with E-state index in [1.807, 2.05) is 0 Å². The number of fused-ring (bicyclic) bond motifs is 5. The molecule has 2 saturated carbocycles. The van der Waals surface area contributed by atoms with E-state index < -0.39 is 0 Å². The zero-order valence-electron chi connectivity index (χ0n) is 24.5. The van der Waals surface area contributed by atoms with Crippen molar-refractivity contribution in [3.05, 3.63) is 29.3 Å². The van der Waals surface area contributed by atoms with Gasteiger partial charge in [-0.2, -0.15) is 0 Å². The van der Waals surface area contributed by atoms with E-state index in [0.717, 1.165) is 37.5 Å². The minimum Gasteiger partial charge on any atom is -0.468 e. The highest BCUT2D eigenvalue weighted by molar-refractivity contribution is 5.41. The first-order valence-electron chi connectivity index (χ1n) is 15.2. The van der Waals surface area contributed by atoms with Crippen LogP contribution in [-0.4, -0.2) is 72.1 Å². The molecule has 7 heteroatoms. The third-order valence-electron chi connectivity index (χ3n) is 9.74. The van der Waals surface area contributed by atoms with Crippen molar-refractivity contribution in [1.29, 1.82) is 0 Å². The predicted octanol–water partition coefficient (Wildman–Crippen LogP) is 5.72. The quantitative estimate of drug-likeness (QED) is 0.186. The minimum atomic E-state index is 0.0686. The molecule has 0 spiro atoms. The SMILES string of the molecule is COCOc1ccc2c(c1)C[C@@H](CCCCCCOCCOCCO)[C@@H]1[C@@H]2CC[C@]2(C)[C@@H](OCOC)CC[C@@H]12. The molecule has 1 N–H and O–H groups in total. The van der Waals surface area contributed by atoms with E-state index in [0.29, 0.717) is 50.5 Å². The molecule has 0 amide bonds. The lowest BCUT2D eigenvalue weighted by Crippen LogP contribution is -2.47. The summed E-state index contributed by atoms with van der Waals surface area (Å²) >= 11 is 0. The van der Waals surface area contributed by atoms with E-state index in [9.17, 15) is 0 Å². The average Bonchev–Trinajstić information content (AvgIpc) is 3.29. The Morgan fingerprint density at radius 3 is 2.49 bits per heavy atom. The van der Waals surface area contributed by atoms with Gasteiger partial charge in [0.2, 0.25) is 0 Å². The van der Waals surface area contributed by atoms with Crippen molar-refractivity contribution in [2.75, 3.05) is 60.8 Å². The van der Waals surface area contributed by atoms with Gasteiger partial charge in [0.15, 0.2) is 6.79 Å². The molecule has 0 heterocycles. The van der Waals surface area contributed by atoms with E-state index in [1.165, 1.54) is 50.5 Å². The third kappa shape index (κ3) is 7.75. The zero-order valence-corrected chi connectivity index (χ0v) is 24.5. The van der Waals surface area contributed by atoms with E-state index in [-0.39, 0.29) is 18.8 Å².